The zero-order valence-corrected chi connectivity index (χ0v) is 16.8. The Morgan fingerprint density at radius 1 is 1.00 bits per heavy atom. The quantitative estimate of drug-likeness (QED) is 0.349. The molecule has 0 heterocycles. The van der Waals surface area contributed by atoms with Gasteiger partial charge in [0.1, 0.15) is 12.1 Å². The zero-order valence-electron chi connectivity index (χ0n) is 16.8. The maximum atomic E-state index is 12.7. The third-order valence-corrected chi connectivity index (χ3v) is 5.49. The van der Waals surface area contributed by atoms with Gasteiger partial charge in [0.15, 0.2) is 0 Å². The van der Waals surface area contributed by atoms with Gasteiger partial charge in [0.2, 0.25) is 0 Å². The summed E-state index contributed by atoms with van der Waals surface area (Å²) >= 11 is 0. The number of ether oxygens (including phenoxy) is 1. The van der Waals surface area contributed by atoms with Crippen LogP contribution in [0.1, 0.15) is 23.1 Å². The van der Waals surface area contributed by atoms with Gasteiger partial charge in [0.05, 0.1) is 4.92 Å². The van der Waals surface area contributed by atoms with E-state index >= 15 is 0 Å². The van der Waals surface area contributed by atoms with Gasteiger partial charge in [-0.05, 0) is 40.8 Å². The largest absolute Gasteiger partial charge is 0.459 e. The number of non-ortho nitro benzene ring substituents is 1. The van der Waals surface area contributed by atoms with E-state index in [2.05, 4.69) is 6.08 Å². The number of benzene rings is 3. The van der Waals surface area contributed by atoms with Crippen molar-refractivity contribution in [2.24, 2.45) is 11.7 Å². The van der Waals surface area contributed by atoms with Crippen LogP contribution in [0, 0.1) is 16.0 Å². The summed E-state index contributed by atoms with van der Waals surface area (Å²) in [7, 11) is 0. The molecule has 0 spiro atoms. The minimum Gasteiger partial charge on any atom is -0.459 e. The van der Waals surface area contributed by atoms with Crippen molar-refractivity contribution in [2.75, 3.05) is 0 Å². The first kappa shape index (κ1) is 20.5. The summed E-state index contributed by atoms with van der Waals surface area (Å²) in [5.41, 5.74) is 9.11. The Hall–Kier alpha value is -3.77. The van der Waals surface area contributed by atoms with Crippen LogP contribution < -0.4 is 5.73 Å². The van der Waals surface area contributed by atoms with Crippen molar-refractivity contribution in [3.63, 3.8) is 0 Å². The summed E-state index contributed by atoms with van der Waals surface area (Å²) in [6.45, 7) is 0.0242. The number of hydrogen-bond acceptors (Lipinski definition) is 5. The van der Waals surface area contributed by atoms with E-state index in [1.54, 1.807) is 12.1 Å². The minimum absolute atomic E-state index is 0.00730. The number of rotatable bonds is 7. The summed E-state index contributed by atoms with van der Waals surface area (Å²) in [4.78, 5) is 22.9. The Kier molecular flexibility index (Phi) is 5.64. The van der Waals surface area contributed by atoms with Gasteiger partial charge in [-0.2, -0.15) is 0 Å². The zero-order chi connectivity index (χ0) is 21.8. The summed E-state index contributed by atoms with van der Waals surface area (Å²) in [6, 6.07) is 25.9. The fourth-order valence-electron chi connectivity index (χ4n) is 3.54. The average Bonchev–Trinajstić information content (AvgIpc) is 3.48. The monoisotopic (exact) mass is 414 g/mol. The van der Waals surface area contributed by atoms with Crippen molar-refractivity contribution in [3.05, 3.63) is 118 Å². The molecule has 0 unspecified atom stereocenters. The van der Waals surface area contributed by atoms with E-state index in [0.29, 0.717) is 12.0 Å². The van der Waals surface area contributed by atoms with E-state index < -0.39 is 16.4 Å². The Morgan fingerprint density at radius 3 is 2.06 bits per heavy atom. The van der Waals surface area contributed by atoms with Crippen LogP contribution in [-0.4, -0.2) is 16.4 Å². The molecule has 1 aliphatic carbocycles. The Morgan fingerprint density at radius 2 is 1.55 bits per heavy atom. The lowest BCUT2D eigenvalue weighted by Gasteiger charge is -2.12. The second kappa shape index (κ2) is 8.53. The van der Waals surface area contributed by atoms with Gasteiger partial charge in [-0.15, -0.1) is 0 Å². The first-order valence-electron chi connectivity index (χ1n) is 9.99. The number of nitrogens with zero attached hydrogens (tertiary/aromatic N) is 1. The number of nitro benzene ring substituents is 1. The molecule has 31 heavy (non-hydrogen) atoms. The van der Waals surface area contributed by atoms with Crippen molar-refractivity contribution < 1.29 is 14.5 Å². The third kappa shape index (κ3) is 4.54. The van der Waals surface area contributed by atoms with Gasteiger partial charge in [-0.25, -0.2) is 0 Å². The third-order valence-electron chi connectivity index (χ3n) is 5.49. The summed E-state index contributed by atoms with van der Waals surface area (Å²) in [6.07, 6.45) is 2.56. The second-order valence-corrected chi connectivity index (χ2v) is 7.66. The number of hydrogen-bond donors (Lipinski definition) is 1. The van der Waals surface area contributed by atoms with Crippen LogP contribution in [0.3, 0.4) is 0 Å². The van der Waals surface area contributed by atoms with E-state index in [4.69, 9.17) is 10.5 Å². The van der Waals surface area contributed by atoms with E-state index in [1.807, 2.05) is 60.7 Å². The molecule has 4 rings (SSSR count). The van der Waals surface area contributed by atoms with Crippen molar-refractivity contribution in [1.82, 2.24) is 0 Å². The molecular weight excluding hydrogens is 392 g/mol. The van der Waals surface area contributed by atoms with Gasteiger partial charge >= 0.3 is 5.97 Å². The van der Waals surface area contributed by atoms with Crippen LogP contribution in [-0.2, 0) is 16.1 Å². The lowest BCUT2D eigenvalue weighted by molar-refractivity contribution is -0.384. The molecule has 6 nitrogen and oxygen atoms in total. The number of nitro groups is 1. The van der Waals surface area contributed by atoms with Crippen LogP contribution in [0.2, 0.25) is 0 Å². The molecule has 1 aliphatic rings. The van der Waals surface area contributed by atoms with Crippen LogP contribution in [0.15, 0.2) is 91.0 Å². The van der Waals surface area contributed by atoms with E-state index in [-0.39, 0.29) is 18.2 Å². The van der Waals surface area contributed by atoms with Gasteiger partial charge in [0, 0.05) is 18.1 Å². The second-order valence-electron chi connectivity index (χ2n) is 7.66. The Bertz CT molecular complexity index is 1070. The molecule has 1 saturated carbocycles. The fraction of sp³-hybridized carbons (Fsp3) is 0.160. The minimum atomic E-state index is -1.06. The first-order valence-corrected chi connectivity index (χ1v) is 9.99. The smallest absolute Gasteiger partial charge is 0.327 e. The number of esters is 1. The molecule has 0 radical (unpaired) electrons. The highest BCUT2D eigenvalue weighted by Gasteiger charge is 2.57. The van der Waals surface area contributed by atoms with E-state index in [1.165, 1.54) is 12.1 Å². The lowest BCUT2D eigenvalue weighted by atomic mass is 9.96. The Balaban J connectivity index is 1.47. The molecule has 0 aromatic heterocycles. The van der Waals surface area contributed by atoms with Crippen molar-refractivity contribution in [3.8, 4) is 0 Å². The normalized spacial score (nSPS) is 19.3. The highest BCUT2D eigenvalue weighted by Crippen LogP contribution is 2.45. The standard InChI is InChI=1S/C25H22N2O4/c26-25(24(28)31-17-18-11-13-22(14-12-18)27(29)30)16-21(25)15-23(19-7-3-1-4-8-19)20-9-5-2-6-10-20/h1-15,21H,16-17,26H2/t21-,25-/m0/s1. The van der Waals surface area contributed by atoms with E-state index in [0.717, 1.165) is 16.7 Å². The topological polar surface area (TPSA) is 95.5 Å². The maximum absolute atomic E-state index is 12.7. The maximum Gasteiger partial charge on any atom is 0.327 e. The molecule has 0 bridgehead atoms. The van der Waals surface area contributed by atoms with Gasteiger partial charge in [-0.3, -0.25) is 14.9 Å². The molecule has 2 atom stereocenters. The highest BCUT2D eigenvalue weighted by molar-refractivity contribution is 5.88. The molecule has 0 aliphatic heterocycles. The summed E-state index contributed by atoms with van der Waals surface area (Å²) in [5, 5.41) is 10.7. The van der Waals surface area contributed by atoms with Gasteiger partial charge < -0.3 is 10.5 Å². The van der Waals surface area contributed by atoms with Crippen molar-refractivity contribution in [1.29, 1.82) is 0 Å². The lowest BCUT2D eigenvalue weighted by Crippen LogP contribution is -2.36. The molecule has 156 valence electrons. The molecule has 0 amide bonds. The summed E-state index contributed by atoms with van der Waals surface area (Å²) in [5.74, 6) is -0.597. The highest BCUT2D eigenvalue weighted by atomic mass is 16.6. The molecule has 0 saturated heterocycles. The van der Waals surface area contributed by atoms with E-state index in [9.17, 15) is 14.9 Å². The fourth-order valence-corrected chi connectivity index (χ4v) is 3.54. The number of carbonyl (C=O) groups excluding carboxylic acids is 1. The first-order chi connectivity index (χ1) is 15.0. The predicted octanol–water partition coefficient (Wildman–Crippen LogP) is 4.49. The summed E-state index contributed by atoms with van der Waals surface area (Å²) < 4.78 is 5.42. The van der Waals surface area contributed by atoms with Crippen LogP contribution >= 0.6 is 0 Å². The number of nitrogens with two attached hydrogens (primary N) is 1. The Labute approximate surface area is 180 Å². The van der Waals surface area contributed by atoms with Crippen LogP contribution in [0.4, 0.5) is 5.69 Å². The molecule has 6 heteroatoms. The van der Waals surface area contributed by atoms with Gasteiger partial charge in [-0.1, -0.05) is 66.7 Å². The molecule has 2 N–H and O–H groups in total. The number of carbonyl (C=O) groups is 1. The van der Waals surface area contributed by atoms with Crippen LogP contribution in [0.25, 0.3) is 5.57 Å². The van der Waals surface area contributed by atoms with Crippen LogP contribution in [0.5, 0.6) is 0 Å². The molecule has 3 aromatic rings. The molecule has 1 fully saturated rings. The van der Waals surface area contributed by atoms with Crippen molar-refractivity contribution >= 4 is 17.2 Å². The SMILES string of the molecule is N[C@@]1(C(=O)OCc2ccc([N+](=O)[O-])cc2)C[C@@H]1C=C(c1ccccc1)c1ccccc1. The molecule has 3 aromatic carbocycles. The van der Waals surface area contributed by atoms with Crippen molar-refractivity contribution in [2.45, 2.75) is 18.6 Å². The molecular formula is C25H22N2O4. The average molecular weight is 414 g/mol. The van der Waals surface area contributed by atoms with Gasteiger partial charge in [0.25, 0.3) is 5.69 Å². The predicted molar refractivity (Wildman–Crippen MR) is 118 cm³/mol.